The van der Waals surface area contributed by atoms with Gasteiger partial charge in [0, 0.05) is 45.3 Å². The number of aliphatic hydroxyl groups is 1. The summed E-state index contributed by atoms with van der Waals surface area (Å²) in [6.07, 6.45) is 0.197. The predicted molar refractivity (Wildman–Crippen MR) is 157 cm³/mol. The second-order valence-corrected chi connectivity index (χ2v) is 10.3. The van der Waals surface area contributed by atoms with E-state index in [0.717, 1.165) is 48.7 Å². The number of aliphatic hydroxyl groups excluding tert-OH is 1. The Bertz CT molecular complexity index is 1270. The quantitative estimate of drug-likeness (QED) is 0.311. The molecule has 5 rings (SSSR count). The molecule has 0 aliphatic carbocycles. The van der Waals surface area contributed by atoms with Gasteiger partial charge in [-0.3, -0.25) is 0 Å². The first-order chi connectivity index (χ1) is 20.1. The maximum Gasteiger partial charge on any atom is 0.164 e. The van der Waals surface area contributed by atoms with Gasteiger partial charge in [0.25, 0.3) is 0 Å². The Morgan fingerprint density at radius 2 is 1.73 bits per heavy atom. The van der Waals surface area contributed by atoms with Gasteiger partial charge in [-0.05, 0) is 53.9 Å². The second-order valence-electron chi connectivity index (χ2n) is 10.3. The normalized spacial score (nSPS) is 20.2. The molecule has 3 aromatic carbocycles. The lowest BCUT2D eigenvalue weighted by atomic mass is 9.85. The van der Waals surface area contributed by atoms with E-state index in [1.165, 1.54) is 0 Å². The summed E-state index contributed by atoms with van der Waals surface area (Å²) in [4.78, 5) is 2.35. The third kappa shape index (κ3) is 7.05. The van der Waals surface area contributed by atoms with Crippen molar-refractivity contribution >= 4 is 5.69 Å². The van der Waals surface area contributed by atoms with Crippen LogP contribution in [0.1, 0.15) is 23.5 Å². The van der Waals surface area contributed by atoms with Gasteiger partial charge in [0.1, 0.15) is 23.9 Å². The maximum absolute atomic E-state index is 11.0. The number of benzene rings is 3. The molecule has 3 aromatic rings. The van der Waals surface area contributed by atoms with E-state index in [1.807, 2.05) is 42.5 Å². The molecule has 2 heterocycles. The monoisotopic (exact) mass is 564 g/mol. The summed E-state index contributed by atoms with van der Waals surface area (Å²) in [5.41, 5.74) is 3.17. The van der Waals surface area contributed by atoms with Crippen molar-refractivity contribution < 1.29 is 33.5 Å². The Kier molecular flexibility index (Phi) is 9.84. The summed E-state index contributed by atoms with van der Waals surface area (Å²) in [5.74, 6) is 3.31. The van der Waals surface area contributed by atoms with Crippen LogP contribution in [0, 0.1) is 0 Å². The zero-order chi connectivity index (χ0) is 28.6. The Labute approximate surface area is 241 Å². The first-order valence-electron chi connectivity index (χ1n) is 14.1. The highest BCUT2D eigenvalue weighted by atomic mass is 16.5. The molecule has 0 bridgehead atoms. The summed E-state index contributed by atoms with van der Waals surface area (Å²) in [5, 5.41) is 14.3. The SMILES string of the molecule is COCCCN1CCOc2ccc(CO[C@H]3CNC[C@@H](O)C3c3ccc(Oc4ccc(OC)c(OC)c4)cc3)cc21. The molecule has 41 heavy (non-hydrogen) atoms. The Morgan fingerprint density at radius 3 is 2.51 bits per heavy atom. The van der Waals surface area contributed by atoms with Gasteiger partial charge in [0.15, 0.2) is 11.5 Å². The van der Waals surface area contributed by atoms with Gasteiger partial charge in [-0.25, -0.2) is 0 Å². The number of piperidine rings is 1. The molecule has 220 valence electrons. The van der Waals surface area contributed by atoms with E-state index in [1.54, 1.807) is 27.4 Å². The number of rotatable bonds is 12. The molecular weight excluding hydrogens is 524 g/mol. The van der Waals surface area contributed by atoms with E-state index < -0.39 is 6.10 Å². The fourth-order valence-electron chi connectivity index (χ4n) is 5.49. The first-order valence-corrected chi connectivity index (χ1v) is 14.1. The number of methoxy groups -OCH3 is 3. The minimum atomic E-state index is -0.570. The highest BCUT2D eigenvalue weighted by Crippen LogP contribution is 2.36. The average Bonchev–Trinajstić information content (AvgIpc) is 3.00. The Hall–Kier alpha value is -3.50. The zero-order valence-corrected chi connectivity index (χ0v) is 24.0. The van der Waals surface area contributed by atoms with Gasteiger partial charge >= 0.3 is 0 Å². The summed E-state index contributed by atoms with van der Waals surface area (Å²) in [6, 6.07) is 19.5. The van der Waals surface area contributed by atoms with Crippen molar-refractivity contribution in [3.8, 4) is 28.7 Å². The van der Waals surface area contributed by atoms with Gasteiger partial charge in [-0.1, -0.05) is 18.2 Å². The van der Waals surface area contributed by atoms with E-state index in [0.29, 0.717) is 49.3 Å². The number of ether oxygens (including phenoxy) is 6. The smallest absolute Gasteiger partial charge is 0.164 e. The fourth-order valence-corrected chi connectivity index (χ4v) is 5.49. The molecule has 2 aliphatic heterocycles. The third-order valence-electron chi connectivity index (χ3n) is 7.59. The van der Waals surface area contributed by atoms with Gasteiger partial charge in [0.05, 0.1) is 45.3 Å². The topological polar surface area (TPSA) is 90.9 Å². The largest absolute Gasteiger partial charge is 0.493 e. The molecular formula is C32H40N2O7. The summed E-state index contributed by atoms with van der Waals surface area (Å²) < 4.78 is 34.3. The minimum Gasteiger partial charge on any atom is -0.493 e. The fraction of sp³-hybridized carbons (Fsp3) is 0.438. The first kappa shape index (κ1) is 29.0. The van der Waals surface area contributed by atoms with Gasteiger partial charge in [0.2, 0.25) is 0 Å². The van der Waals surface area contributed by atoms with Crippen LogP contribution in [0.2, 0.25) is 0 Å². The van der Waals surface area contributed by atoms with Crippen LogP contribution >= 0.6 is 0 Å². The van der Waals surface area contributed by atoms with Crippen LogP contribution < -0.4 is 29.2 Å². The van der Waals surface area contributed by atoms with Gasteiger partial charge in [-0.15, -0.1) is 0 Å². The lowest BCUT2D eigenvalue weighted by Gasteiger charge is -2.36. The number of fused-ring (bicyclic) bond motifs is 1. The number of hydrogen-bond donors (Lipinski definition) is 2. The molecule has 1 saturated heterocycles. The zero-order valence-electron chi connectivity index (χ0n) is 24.0. The van der Waals surface area contributed by atoms with E-state index in [2.05, 4.69) is 22.3 Å². The summed E-state index contributed by atoms with van der Waals surface area (Å²) >= 11 is 0. The molecule has 3 atom stereocenters. The Balaban J connectivity index is 1.25. The van der Waals surface area contributed by atoms with Crippen molar-refractivity contribution in [2.75, 3.05) is 65.6 Å². The highest BCUT2D eigenvalue weighted by molar-refractivity contribution is 5.61. The van der Waals surface area contributed by atoms with Crippen LogP contribution in [-0.2, 0) is 16.1 Å². The number of anilines is 1. The van der Waals surface area contributed by atoms with Crippen LogP contribution in [0.15, 0.2) is 60.7 Å². The van der Waals surface area contributed by atoms with E-state index in [4.69, 9.17) is 28.4 Å². The molecule has 0 saturated carbocycles. The van der Waals surface area contributed by atoms with E-state index >= 15 is 0 Å². The summed E-state index contributed by atoms with van der Waals surface area (Å²) in [7, 11) is 4.93. The molecule has 0 aromatic heterocycles. The van der Waals surface area contributed by atoms with Crippen molar-refractivity contribution in [2.24, 2.45) is 0 Å². The van der Waals surface area contributed by atoms with Gasteiger partial charge < -0.3 is 43.7 Å². The molecule has 2 aliphatic rings. The molecule has 9 nitrogen and oxygen atoms in total. The third-order valence-corrected chi connectivity index (χ3v) is 7.59. The van der Waals surface area contributed by atoms with Crippen LogP contribution in [0.3, 0.4) is 0 Å². The lowest BCUT2D eigenvalue weighted by Crippen LogP contribution is -2.49. The molecule has 2 N–H and O–H groups in total. The van der Waals surface area contributed by atoms with Crippen LogP contribution in [0.4, 0.5) is 5.69 Å². The van der Waals surface area contributed by atoms with Crippen LogP contribution in [0.25, 0.3) is 0 Å². The molecule has 0 radical (unpaired) electrons. The second kappa shape index (κ2) is 13.9. The van der Waals surface area contributed by atoms with Crippen LogP contribution in [0.5, 0.6) is 28.7 Å². The van der Waals surface area contributed by atoms with Crippen molar-refractivity contribution in [1.29, 1.82) is 0 Å². The van der Waals surface area contributed by atoms with E-state index in [9.17, 15) is 5.11 Å². The van der Waals surface area contributed by atoms with Crippen molar-refractivity contribution in [1.82, 2.24) is 5.32 Å². The van der Waals surface area contributed by atoms with Crippen molar-refractivity contribution in [2.45, 2.75) is 31.2 Å². The maximum atomic E-state index is 11.0. The average molecular weight is 565 g/mol. The van der Waals surface area contributed by atoms with Crippen molar-refractivity contribution in [3.05, 3.63) is 71.8 Å². The van der Waals surface area contributed by atoms with Gasteiger partial charge in [-0.2, -0.15) is 0 Å². The molecule has 1 unspecified atom stereocenters. The number of nitrogens with zero attached hydrogens (tertiary/aromatic N) is 1. The molecule has 1 fully saturated rings. The standard InChI is InChI=1S/C32H40N2O7/c1-36-15-4-13-34-14-16-39-28-11-5-22(17-26(28)34)21-40-31-20-33-19-27(35)32(31)23-6-8-24(9-7-23)41-25-10-12-29(37-2)30(18-25)38-3/h5-12,17-18,27,31-33,35H,4,13-16,19-21H2,1-3H3/t27-,31+,32?/m1/s1. The number of β-amino-alcohol motifs (C(OH)–C–C–N with tert-alkyl or cyclic N) is 1. The van der Waals surface area contributed by atoms with Crippen LogP contribution in [-0.4, -0.2) is 78.0 Å². The minimum absolute atomic E-state index is 0.169. The number of hydrogen-bond acceptors (Lipinski definition) is 9. The molecule has 0 spiro atoms. The van der Waals surface area contributed by atoms with Crippen molar-refractivity contribution in [3.63, 3.8) is 0 Å². The predicted octanol–water partition coefficient (Wildman–Crippen LogP) is 4.36. The Morgan fingerprint density at radius 1 is 0.927 bits per heavy atom. The number of nitrogens with one attached hydrogen (secondary N) is 1. The molecule has 9 heteroatoms. The highest BCUT2D eigenvalue weighted by Gasteiger charge is 2.34. The lowest BCUT2D eigenvalue weighted by molar-refractivity contribution is -0.0328. The molecule has 0 amide bonds. The summed E-state index contributed by atoms with van der Waals surface area (Å²) in [6.45, 7) is 4.80. The van der Waals surface area contributed by atoms with E-state index in [-0.39, 0.29) is 12.0 Å².